The fourth-order valence-electron chi connectivity index (χ4n) is 2.70. The van der Waals surface area contributed by atoms with Gasteiger partial charge in [-0.15, -0.1) is 11.8 Å². The summed E-state index contributed by atoms with van der Waals surface area (Å²) in [5, 5.41) is 2.89. The van der Waals surface area contributed by atoms with Crippen molar-refractivity contribution >= 4 is 40.3 Å². The summed E-state index contributed by atoms with van der Waals surface area (Å²) in [4.78, 5) is 13.4. The fraction of sp³-hybridized carbons (Fsp3) is 0.353. The number of hydrogen-bond donors (Lipinski definition) is 1. The van der Waals surface area contributed by atoms with Crippen LogP contribution in [0, 0.1) is 0 Å². The Morgan fingerprint density at radius 3 is 2.88 bits per heavy atom. The molecule has 0 aromatic carbocycles. The van der Waals surface area contributed by atoms with E-state index in [0.717, 1.165) is 16.3 Å². The van der Waals surface area contributed by atoms with Crippen LogP contribution in [0.5, 0.6) is 0 Å². The average Bonchev–Trinajstić information content (AvgIpc) is 3.33. The van der Waals surface area contributed by atoms with E-state index in [1.54, 1.807) is 29.6 Å². The van der Waals surface area contributed by atoms with Gasteiger partial charge in [0.05, 0.1) is 23.4 Å². The molecule has 24 heavy (non-hydrogen) atoms. The normalized spacial score (nSPS) is 15.8. The molecule has 7 heteroatoms. The first-order valence-electron chi connectivity index (χ1n) is 7.86. The van der Waals surface area contributed by atoms with E-state index in [-0.39, 0.29) is 5.25 Å². The monoisotopic (exact) mass is 358 g/mol. The number of thioether (sulfide) groups is 2. The summed E-state index contributed by atoms with van der Waals surface area (Å²) < 4.78 is 5.64. The van der Waals surface area contributed by atoms with Crippen molar-refractivity contribution in [2.75, 3.05) is 12.0 Å². The van der Waals surface area contributed by atoms with Crippen LogP contribution in [0.2, 0.25) is 0 Å². The van der Waals surface area contributed by atoms with Crippen LogP contribution in [-0.2, 0) is 0 Å². The second-order valence-corrected chi connectivity index (χ2v) is 8.08. The van der Waals surface area contributed by atoms with Crippen molar-refractivity contribution in [3.8, 4) is 0 Å². The van der Waals surface area contributed by atoms with E-state index in [9.17, 15) is 0 Å². The van der Waals surface area contributed by atoms with Crippen LogP contribution in [-0.4, -0.2) is 21.2 Å². The molecule has 1 atom stereocenters. The number of pyridine rings is 1. The first kappa shape index (κ1) is 15.8. The molecule has 2 N–H and O–H groups in total. The van der Waals surface area contributed by atoms with E-state index in [4.69, 9.17) is 10.2 Å². The lowest BCUT2D eigenvalue weighted by Gasteiger charge is -2.11. The number of nitrogens with two attached hydrogens (primary N) is 1. The van der Waals surface area contributed by atoms with Crippen LogP contribution in [0.4, 0.5) is 5.82 Å². The summed E-state index contributed by atoms with van der Waals surface area (Å²) in [6.45, 7) is 2.11. The quantitative estimate of drug-likeness (QED) is 0.404. The minimum absolute atomic E-state index is 0.132. The third-order valence-corrected chi connectivity index (χ3v) is 5.76. The Labute approximate surface area is 148 Å². The Morgan fingerprint density at radius 1 is 1.29 bits per heavy atom. The second-order valence-electron chi connectivity index (χ2n) is 5.95. The molecule has 0 spiro atoms. The molecule has 1 aliphatic carbocycles. The molecular formula is C17H18N4OS2. The highest BCUT2D eigenvalue weighted by molar-refractivity contribution is 7.99. The summed E-state index contributed by atoms with van der Waals surface area (Å²) in [5.74, 6) is 1.16. The summed E-state index contributed by atoms with van der Waals surface area (Å²) in [7, 11) is 0. The molecule has 0 bridgehead atoms. The van der Waals surface area contributed by atoms with E-state index in [1.165, 1.54) is 23.8 Å². The SMILES string of the molecule is CSc1cc(N)nc(SC(C)c2cc3c(C4CC4)coc3cn2)n1. The molecule has 0 radical (unpaired) electrons. The highest BCUT2D eigenvalue weighted by atomic mass is 32.2. The van der Waals surface area contributed by atoms with Crippen molar-refractivity contribution in [2.24, 2.45) is 0 Å². The van der Waals surface area contributed by atoms with E-state index in [1.807, 2.05) is 18.7 Å². The molecule has 0 amide bonds. The largest absolute Gasteiger partial charge is 0.462 e. The van der Waals surface area contributed by atoms with Crippen LogP contribution in [0.15, 0.2) is 39.2 Å². The predicted molar refractivity (Wildman–Crippen MR) is 98.5 cm³/mol. The molecule has 124 valence electrons. The summed E-state index contributed by atoms with van der Waals surface area (Å²) >= 11 is 3.14. The maximum absolute atomic E-state index is 5.86. The number of rotatable bonds is 5. The molecule has 1 saturated carbocycles. The Kier molecular flexibility index (Phi) is 4.14. The molecule has 0 aliphatic heterocycles. The zero-order valence-corrected chi connectivity index (χ0v) is 15.2. The molecule has 3 heterocycles. The van der Waals surface area contributed by atoms with Gasteiger partial charge >= 0.3 is 0 Å². The molecule has 5 nitrogen and oxygen atoms in total. The van der Waals surface area contributed by atoms with E-state index in [0.29, 0.717) is 16.9 Å². The van der Waals surface area contributed by atoms with Gasteiger partial charge in [-0.2, -0.15) is 0 Å². The average molecular weight is 358 g/mol. The Hall–Kier alpha value is -1.73. The van der Waals surface area contributed by atoms with E-state index >= 15 is 0 Å². The van der Waals surface area contributed by atoms with Crippen LogP contribution < -0.4 is 5.73 Å². The van der Waals surface area contributed by atoms with Crippen molar-refractivity contribution < 1.29 is 4.42 Å². The molecule has 0 saturated heterocycles. The first-order chi connectivity index (χ1) is 11.6. The number of fused-ring (bicyclic) bond motifs is 1. The van der Waals surface area contributed by atoms with Gasteiger partial charge in [0, 0.05) is 17.0 Å². The van der Waals surface area contributed by atoms with Crippen molar-refractivity contribution in [1.29, 1.82) is 0 Å². The third-order valence-electron chi connectivity index (χ3n) is 4.14. The maximum atomic E-state index is 5.86. The van der Waals surface area contributed by atoms with Crippen molar-refractivity contribution in [2.45, 2.75) is 41.1 Å². The van der Waals surface area contributed by atoms with Crippen LogP contribution >= 0.6 is 23.5 Å². The van der Waals surface area contributed by atoms with Crippen LogP contribution in [0.25, 0.3) is 11.0 Å². The zero-order valence-electron chi connectivity index (χ0n) is 13.5. The third kappa shape index (κ3) is 3.10. The van der Waals surface area contributed by atoms with Gasteiger partial charge in [0.1, 0.15) is 10.8 Å². The van der Waals surface area contributed by atoms with Crippen molar-refractivity contribution in [1.82, 2.24) is 15.0 Å². The van der Waals surface area contributed by atoms with Crippen LogP contribution in [0.1, 0.15) is 42.2 Å². The van der Waals surface area contributed by atoms with Crippen molar-refractivity contribution in [3.63, 3.8) is 0 Å². The first-order valence-corrected chi connectivity index (χ1v) is 9.96. The zero-order chi connectivity index (χ0) is 16.7. The lowest BCUT2D eigenvalue weighted by molar-refractivity contribution is 0.609. The second kappa shape index (κ2) is 6.29. The number of anilines is 1. The number of furan rings is 1. The number of aromatic nitrogens is 3. The molecule has 3 aromatic heterocycles. The molecule has 1 aliphatic rings. The van der Waals surface area contributed by atoms with Gasteiger partial charge in [0.25, 0.3) is 0 Å². The Balaban J connectivity index is 1.62. The Bertz CT molecular complexity index is 891. The fourth-order valence-corrected chi connectivity index (χ4v) is 4.05. The van der Waals surface area contributed by atoms with E-state index in [2.05, 4.69) is 27.9 Å². The molecule has 1 unspecified atom stereocenters. The predicted octanol–water partition coefficient (Wildman–Crippen LogP) is 4.65. The van der Waals surface area contributed by atoms with Gasteiger partial charge in [0.15, 0.2) is 10.7 Å². The van der Waals surface area contributed by atoms with Crippen LogP contribution in [0.3, 0.4) is 0 Å². The topological polar surface area (TPSA) is 77.8 Å². The van der Waals surface area contributed by atoms with E-state index < -0.39 is 0 Å². The molecule has 3 aromatic rings. The maximum Gasteiger partial charge on any atom is 0.191 e. The molecular weight excluding hydrogens is 340 g/mol. The lowest BCUT2D eigenvalue weighted by atomic mass is 10.1. The summed E-state index contributed by atoms with van der Waals surface area (Å²) in [5.41, 5.74) is 9.05. The lowest BCUT2D eigenvalue weighted by Crippen LogP contribution is -1.99. The van der Waals surface area contributed by atoms with Crippen molar-refractivity contribution in [3.05, 3.63) is 35.9 Å². The standard InChI is InChI=1S/C17H18N4OS2/c1-9(24-17-20-15(18)6-16(21-17)23-2)13-5-11-12(10-3-4-10)8-22-14(11)7-19-13/h5-10H,3-4H2,1-2H3,(H2,18,20,21). The highest BCUT2D eigenvalue weighted by Crippen LogP contribution is 2.44. The summed E-state index contributed by atoms with van der Waals surface area (Å²) in [6.07, 6.45) is 8.20. The van der Waals surface area contributed by atoms with Gasteiger partial charge in [-0.3, -0.25) is 4.98 Å². The number of hydrogen-bond acceptors (Lipinski definition) is 7. The van der Waals surface area contributed by atoms with Gasteiger partial charge < -0.3 is 10.2 Å². The smallest absolute Gasteiger partial charge is 0.191 e. The summed E-state index contributed by atoms with van der Waals surface area (Å²) in [6, 6.07) is 3.93. The number of nitrogen functional groups attached to an aromatic ring is 1. The highest BCUT2D eigenvalue weighted by Gasteiger charge is 2.27. The molecule has 1 fully saturated rings. The minimum atomic E-state index is 0.132. The molecule has 4 rings (SSSR count). The number of nitrogens with zero attached hydrogens (tertiary/aromatic N) is 3. The van der Waals surface area contributed by atoms with Gasteiger partial charge in [0.2, 0.25) is 0 Å². The van der Waals surface area contributed by atoms with Gasteiger partial charge in [-0.05, 0) is 38.0 Å². The van der Waals surface area contributed by atoms with Gasteiger partial charge in [-0.1, -0.05) is 11.8 Å². The Morgan fingerprint density at radius 2 is 2.12 bits per heavy atom. The minimum Gasteiger partial charge on any atom is -0.462 e. The van der Waals surface area contributed by atoms with Gasteiger partial charge in [-0.25, -0.2) is 9.97 Å².